The van der Waals surface area contributed by atoms with Crippen LogP contribution in [0.1, 0.15) is 22.8 Å². The summed E-state index contributed by atoms with van der Waals surface area (Å²) in [4.78, 5) is 0. The molecule has 0 spiro atoms. The van der Waals surface area contributed by atoms with Gasteiger partial charge in [-0.3, -0.25) is 0 Å². The van der Waals surface area contributed by atoms with Crippen LogP contribution in [-0.4, -0.2) is 5.11 Å². The van der Waals surface area contributed by atoms with Gasteiger partial charge in [-0.1, -0.05) is 41.9 Å². The molecule has 0 bridgehead atoms. The quantitative estimate of drug-likeness (QED) is 0.796. The molecule has 0 aliphatic heterocycles. The minimum atomic E-state index is -1.02. The van der Waals surface area contributed by atoms with Crippen LogP contribution < -0.4 is 0 Å². The highest BCUT2D eigenvalue weighted by Gasteiger charge is 2.19. The minimum Gasteiger partial charge on any atom is -0.384 e. The molecule has 0 fully saturated rings. The molecule has 0 saturated carbocycles. The van der Waals surface area contributed by atoms with Gasteiger partial charge in [-0.05, 0) is 40.0 Å². The van der Waals surface area contributed by atoms with E-state index in [-0.39, 0.29) is 10.6 Å². The number of aliphatic hydroxyl groups is 1. The monoisotopic (exact) mass is 328 g/mol. The molecule has 2 aromatic carbocycles. The van der Waals surface area contributed by atoms with Crippen LogP contribution in [0.15, 0.2) is 40.9 Å². The molecular formula is C14H11BrClFO. The predicted molar refractivity (Wildman–Crippen MR) is 74.4 cm³/mol. The zero-order valence-electron chi connectivity index (χ0n) is 9.62. The van der Waals surface area contributed by atoms with E-state index in [2.05, 4.69) is 15.9 Å². The van der Waals surface area contributed by atoms with Crippen LogP contribution in [0.4, 0.5) is 4.39 Å². The lowest BCUT2D eigenvalue weighted by Gasteiger charge is -2.15. The van der Waals surface area contributed by atoms with Crippen molar-refractivity contribution in [3.8, 4) is 0 Å². The van der Waals surface area contributed by atoms with Crippen LogP contribution in [0.3, 0.4) is 0 Å². The predicted octanol–water partition coefficient (Wildman–Crippen LogP) is 4.63. The van der Waals surface area contributed by atoms with Crippen LogP contribution in [0, 0.1) is 12.7 Å². The Morgan fingerprint density at radius 2 is 1.83 bits per heavy atom. The SMILES string of the molecule is Cc1ccccc1C(O)c1ccc(Br)c(Cl)c1F. The Hall–Kier alpha value is -0.900. The van der Waals surface area contributed by atoms with Crippen molar-refractivity contribution in [2.75, 3.05) is 0 Å². The first kappa shape index (κ1) is 13.5. The highest BCUT2D eigenvalue weighted by Crippen LogP contribution is 2.33. The molecule has 4 heteroatoms. The van der Waals surface area contributed by atoms with Gasteiger partial charge in [0.05, 0.1) is 5.02 Å². The topological polar surface area (TPSA) is 20.2 Å². The van der Waals surface area contributed by atoms with E-state index in [4.69, 9.17) is 11.6 Å². The van der Waals surface area contributed by atoms with E-state index in [0.29, 0.717) is 10.0 Å². The molecule has 0 aromatic heterocycles. The average Bonchev–Trinajstić information content (AvgIpc) is 2.36. The number of hydrogen-bond donors (Lipinski definition) is 1. The number of aliphatic hydroxyl groups excluding tert-OH is 1. The Morgan fingerprint density at radius 1 is 1.17 bits per heavy atom. The Balaban J connectivity index is 2.50. The Labute approximate surface area is 118 Å². The maximum atomic E-state index is 14.0. The van der Waals surface area contributed by atoms with Gasteiger partial charge in [0.1, 0.15) is 11.9 Å². The summed E-state index contributed by atoms with van der Waals surface area (Å²) < 4.78 is 14.5. The molecule has 94 valence electrons. The molecule has 0 amide bonds. The van der Waals surface area contributed by atoms with Gasteiger partial charge in [0, 0.05) is 10.0 Å². The van der Waals surface area contributed by atoms with Gasteiger partial charge in [0.2, 0.25) is 0 Å². The fourth-order valence-electron chi connectivity index (χ4n) is 1.81. The Morgan fingerprint density at radius 3 is 2.50 bits per heavy atom. The highest BCUT2D eigenvalue weighted by atomic mass is 79.9. The molecule has 0 heterocycles. The Kier molecular flexibility index (Phi) is 4.05. The molecule has 0 aliphatic rings. The van der Waals surface area contributed by atoms with Crippen molar-refractivity contribution < 1.29 is 9.50 Å². The van der Waals surface area contributed by atoms with Gasteiger partial charge in [-0.2, -0.15) is 0 Å². The Bertz CT molecular complexity index is 586. The molecule has 1 N–H and O–H groups in total. The summed E-state index contributed by atoms with van der Waals surface area (Å²) in [5.41, 5.74) is 1.76. The largest absolute Gasteiger partial charge is 0.384 e. The summed E-state index contributed by atoms with van der Waals surface area (Å²) in [5, 5.41) is 10.2. The first-order valence-corrected chi connectivity index (χ1v) is 6.56. The van der Waals surface area contributed by atoms with E-state index >= 15 is 0 Å². The maximum absolute atomic E-state index is 14.0. The number of halogens is 3. The molecule has 1 nitrogen and oxygen atoms in total. The summed E-state index contributed by atoms with van der Waals surface area (Å²) in [5.74, 6) is -0.596. The van der Waals surface area contributed by atoms with Crippen LogP contribution in [0.2, 0.25) is 5.02 Å². The van der Waals surface area contributed by atoms with Crippen LogP contribution in [0.5, 0.6) is 0 Å². The third kappa shape index (κ3) is 2.44. The van der Waals surface area contributed by atoms with Crippen molar-refractivity contribution in [1.29, 1.82) is 0 Å². The third-order valence-corrected chi connectivity index (χ3v) is 4.10. The summed E-state index contributed by atoms with van der Waals surface area (Å²) in [6.45, 7) is 1.87. The second-order valence-corrected chi connectivity index (χ2v) is 5.26. The van der Waals surface area contributed by atoms with Crippen LogP contribution in [0.25, 0.3) is 0 Å². The minimum absolute atomic E-state index is 0.0138. The van der Waals surface area contributed by atoms with Crippen molar-refractivity contribution >= 4 is 27.5 Å². The van der Waals surface area contributed by atoms with Crippen LogP contribution >= 0.6 is 27.5 Å². The van der Waals surface area contributed by atoms with E-state index in [0.717, 1.165) is 5.56 Å². The van der Waals surface area contributed by atoms with Gasteiger partial charge in [-0.15, -0.1) is 0 Å². The zero-order chi connectivity index (χ0) is 13.3. The molecule has 1 atom stereocenters. The number of aryl methyl sites for hydroxylation is 1. The van der Waals surface area contributed by atoms with E-state index in [1.165, 1.54) is 6.07 Å². The molecule has 0 saturated heterocycles. The van der Waals surface area contributed by atoms with Crippen LogP contribution in [-0.2, 0) is 0 Å². The molecule has 2 aromatic rings. The van der Waals surface area contributed by atoms with Crippen molar-refractivity contribution in [1.82, 2.24) is 0 Å². The first-order valence-electron chi connectivity index (χ1n) is 5.39. The maximum Gasteiger partial charge on any atom is 0.149 e. The van der Waals surface area contributed by atoms with Gasteiger partial charge in [0.15, 0.2) is 0 Å². The highest BCUT2D eigenvalue weighted by molar-refractivity contribution is 9.10. The summed E-state index contributed by atoms with van der Waals surface area (Å²) in [7, 11) is 0. The molecule has 0 radical (unpaired) electrons. The summed E-state index contributed by atoms with van der Waals surface area (Å²) in [6.07, 6.45) is -1.02. The third-order valence-electron chi connectivity index (χ3n) is 2.84. The van der Waals surface area contributed by atoms with Crippen molar-refractivity contribution in [2.24, 2.45) is 0 Å². The second kappa shape index (κ2) is 5.39. The van der Waals surface area contributed by atoms with Gasteiger partial charge >= 0.3 is 0 Å². The van der Waals surface area contributed by atoms with Gasteiger partial charge in [0.25, 0.3) is 0 Å². The second-order valence-electron chi connectivity index (χ2n) is 4.02. The fraction of sp³-hybridized carbons (Fsp3) is 0.143. The summed E-state index contributed by atoms with van der Waals surface area (Å²) >= 11 is 8.97. The van der Waals surface area contributed by atoms with E-state index in [1.54, 1.807) is 12.1 Å². The molecule has 1 unspecified atom stereocenters. The number of rotatable bonds is 2. The molecule has 18 heavy (non-hydrogen) atoms. The molecule has 0 aliphatic carbocycles. The van der Waals surface area contributed by atoms with Crippen molar-refractivity contribution in [2.45, 2.75) is 13.0 Å². The lowest BCUT2D eigenvalue weighted by molar-refractivity contribution is 0.214. The van der Waals surface area contributed by atoms with Crippen molar-refractivity contribution in [3.05, 3.63) is 68.4 Å². The molecule has 2 rings (SSSR count). The number of hydrogen-bond acceptors (Lipinski definition) is 1. The fourth-order valence-corrected chi connectivity index (χ4v) is 2.29. The van der Waals surface area contributed by atoms with E-state index in [9.17, 15) is 9.50 Å². The normalized spacial score (nSPS) is 12.5. The molecular weight excluding hydrogens is 319 g/mol. The lowest BCUT2D eigenvalue weighted by atomic mass is 9.97. The van der Waals surface area contributed by atoms with Crippen molar-refractivity contribution in [3.63, 3.8) is 0 Å². The van der Waals surface area contributed by atoms with Gasteiger partial charge in [-0.25, -0.2) is 4.39 Å². The van der Waals surface area contributed by atoms with E-state index in [1.807, 2.05) is 25.1 Å². The first-order chi connectivity index (χ1) is 8.52. The zero-order valence-corrected chi connectivity index (χ0v) is 12.0. The number of benzene rings is 2. The van der Waals surface area contributed by atoms with Gasteiger partial charge < -0.3 is 5.11 Å². The average molecular weight is 330 g/mol. The standard InChI is InChI=1S/C14H11BrClFO/c1-8-4-2-3-5-9(8)14(18)10-6-7-11(15)12(16)13(10)17/h2-7,14,18H,1H3. The smallest absolute Gasteiger partial charge is 0.149 e. The lowest BCUT2D eigenvalue weighted by Crippen LogP contribution is -2.05. The summed E-state index contributed by atoms with van der Waals surface area (Å²) in [6, 6.07) is 10.5. The van der Waals surface area contributed by atoms with E-state index < -0.39 is 11.9 Å².